The summed E-state index contributed by atoms with van der Waals surface area (Å²) >= 11 is 0. The molecule has 1 unspecified atom stereocenters. The van der Waals surface area contributed by atoms with Crippen LogP contribution in [0.4, 0.5) is 5.82 Å². The van der Waals surface area contributed by atoms with Crippen LogP contribution in [-0.2, 0) is 20.8 Å². The van der Waals surface area contributed by atoms with Crippen molar-refractivity contribution in [1.29, 1.82) is 0 Å². The van der Waals surface area contributed by atoms with Gasteiger partial charge in [0.15, 0.2) is 0 Å². The molecule has 8 heteroatoms. The standard InChI is InChI=1S/C18H26N4O4/c1-12(10-18(25)26)22(17(24)11-20-13-8-9-13)16(23)7-3-5-14-4-2-6-15(19)21-14/h2,4,6,12-13,20H,3,5,7-11H2,1H3,(H2,19,21)(H,25,26). The Morgan fingerprint density at radius 3 is 2.69 bits per heavy atom. The van der Waals surface area contributed by atoms with E-state index in [1.807, 2.05) is 6.07 Å². The highest BCUT2D eigenvalue weighted by molar-refractivity contribution is 5.97. The van der Waals surface area contributed by atoms with Crippen LogP contribution in [0.5, 0.6) is 0 Å². The SMILES string of the molecule is CC(CC(=O)O)N(C(=O)CCCc1cccc(N)n1)C(=O)CNC1CC1. The molecule has 2 amide bonds. The van der Waals surface area contributed by atoms with Crippen molar-refractivity contribution in [2.24, 2.45) is 0 Å². The number of rotatable bonds is 10. The minimum atomic E-state index is -1.04. The molecule has 1 saturated carbocycles. The zero-order chi connectivity index (χ0) is 19.1. The first-order chi connectivity index (χ1) is 12.4. The van der Waals surface area contributed by atoms with Crippen LogP contribution in [0.15, 0.2) is 18.2 Å². The van der Waals surface area contributed by atoms with Gasteiger partial charge in [0.05, 0.1) is 13.0 Å². The lowest BCUT2D eigenvalue weighted by Gasteiger charge is -2.27. The van der Waals surface area contributed by atoms with E-state index in [4.69, 9.17) is 10.8 Å². The molecule has 26 heavy (non-hydrogen) atoms. The second-order valence-electron chi connectivity index (χ2n) is 6.67. The fourth-order valence-corrected chi connectivity index (χ4v) is 2.76. The Balaban J connectivity index is 1.91. The number of hydrogen-bond donors (Lipinski definition) is 3. The second kappa shape index (κ2) is 9.28. The number of aliphatic carboxylic acids is 1. The topological polar surface area (TPSA) is 126 Å². The van der Waals surface area contributed by atoms with E-state index in [9.17, 15) is 14.4 Å². The normalized spacial score (nSPS) is 14.7. The number of carboxylic acid groups (broad SMARTS) is 1. The van der Waals surface area contributed by atoms with Crippen LogP contribution < -0.4 is 11.1 Å². The molecule has 1 heterocycles. The van der Waals surface area contributed by atoms with Crippen LogP contribution >= 0.6 is 0 Å². The Labute approximate surface area is 152 Å². The predicted octanol–water partition coefficient (Wildman–Crippen LogP) is 0.957. The van der Waals surface area contributed by atoms with Gasteiger partial charge in [-0.1, -0.05) is 6.07 Å². The number of hydrogen-bond acceptors (Lipinski definition) is 6. The third-order valence-electron chi connectivity index (χ3n) is 4.22. The van der Waals surface area contributed by atoms with Crippen molar-refractivity contribution >= 4 is 23.6 Å². The van der Waals surface area contributed by atoms with Crippen molar-refractivity contribution in [1.82, 2.24) is 15.2 Å². The molecule has 1 aliphatic rings. The Bertz CT molecular complexity index is 660. The molecule has 4 N–H and O–H groups in total. The molecule has 1 aromatic rings. The van der Waals surface area contributed by atoms with Gasteiger partial charge in [-0.3, -0.25) is 19.3 Å². The first kappa shape index (κ1) is 19.8. The summed E-state index contributed by atoms with van der Waals surface area (Å²) in [4.78, 5) is 41.3. The number of nitrogen functional groups attached to an aromatic ring is 1. The predicted molar refractivity (Wildman–Crippen MR) is 96.2 cm³/mol. The molecule has 1 atom stereocenters. The Morgan fingerprint density at radius 2 is 2.08 bits per heavy atom. The zero-order valence-corrected chi connectivity index (χ0v) is 15.0. The average molecular weight is 362 g/mol. The summed E-state index contributed by atoms with van der Waals surface area (Å²) in [7, 11) is 0. The van der Waals surface area contributed by atoms with Gasteiger partial charge in [-0.05, 0) is 44.7 Å². The molecule has 1 aliphatic carbocycles. The van der Waals surface area contributed by atoms with Crippen molar-refractivity contribution in [3.05, 3.63) is 23.9 Å². The number of anilines is 1. The Kier molecular flexibility index (Phi) is 7.08. The van der Waals surface area contributed by atoms with E-state index in [2.05, 4.69) is 10.3 Å². The van der Waals surface area contributed by atoms with Crippen molar-refractivity contribution in [3.8, 4) is 0 Å². The van der Waals surface area contributed by atoms with E-state index >= 15 is 0 Å². The maximum absolute atomic E-state index is 12.6. The molecule has 8 nitrogen and oxygen atoms in total. The molecule has 1 aromatic heterocycles. The minimum Gasteiger partial charge on any atom is -0.481 e. The number of nitrogens with zero attached hydrogens (tertiary/aromatic N) is 2. The summed E-state index contributed by atoms with van der Waals surface area (Å²) in [6.45, 7) is 1.64. The molecule has 0 bridgehead atoms. The smallest absolute Gasteiger partial charge is 0.305 e. The summed E-state index contributed by atoms with van der Waals surface area (Å²) in [6.07, 6.45) is 3.01. The summed E-state index contributed by atoms with van der Waals surface area (Å²) in [5.41, 5.74) is 6.42. The molecular formula is C18H26N4O4. The summed E-state index contributed by atoms with van der Waals surface area (Å²) < 4.78 is 0. The molecule has 142 valence electrons. The largest absolute Gasteiger partial charge is 0.481 e. The molecule has 0 aromatic carbocycles. The number of aromatic nitrogens is 1. The fourth-order valence-electron chi connectivity index (χ4n) is 2.76. The van der Waals surface area contributed by atoms with Crippen molar-refractivity contribution in [2.75, 3.05) is 12.3 Å². The van der Waals surface area contributed by atoms with Crippen LogP contribution in [0.1, 0.15) is 44.7 Å². The summed E-state index contributed by atoms with van der Waals surface area (Å²) in [5.74, 6) is -1.35. The number of amides is 2. The minimum absolute atomic E-state index is 0.0527. The van der Waals surface area contributed by atoms with Crippen LogP contribution in [0, 0.1) is 0 Å². The average Bonchev–Trinajstić information content (AvgIpc) is 3.37. The lowest BCUT2D eigenvalue weighted by atomic mass is 10.1. The van der Waals surface area contributed by atoms with Gasteiger partial charge in [0.1, 0.15) is 5.82 Å². The quantitative estimate of drug-likeness (QED) is 0.566. The first-order valence-corrected chi connectivity index (χ1v) is 8.88. The molecule has 0 aliphatic heterocycles. The number of nitrogens with two attached hydrogens (primary N) is 1. The van der Waals surface area contributed by atoms with E-state index in [1.165, 1.54) is 0 Å². The van der Waals surface area contributed by atoms with Crippen LogP contribution in [0.3, 0.4) is 0 Å². The van der Waals surface area contributed by atoms with Crippen LogP contribution in [0.2, 0.25) is 0 Å². The number of carboxylic acids is 1. The number of carbonyl (C=O) groups excluding carboxylic acids is 2. The monoisotopic (exact) mass is 362 g/mol. The van der Waals surface area contributed by atoms with Crippen molar-refractivity contribution in [3.63, 3.8) is 0 Å². The van der Waals surface area contributed by atoms with Crippen molar-refractivity contribution < 1.29 is 19.5 Å². The van der Waals surface area contributed by atoms with Gasteiger partial charge in [-0.25, -0.2) is 4.98 Å². The van der Waals surface area contributed by atoms with E-state index in [1.54, 1.807) is 19.1 Å². The van der Waals surface area contributed by atoms with Gasteiger partial charge >= 0.3 is 5.97 Å². The number of pyridine rings is 1. The third-order valence-corrected chi connectivity index (χ3v) is 4.22. The Hall–Kier alpha value is -2.48. The lowest BCUT2D eigenvalue weighted by molar-refractivity contribution is -0.148. The van der Waals surface area contributed by atoms with Gasteiger partial charge in [-0.15, -0.1) is 0 Å². The number of nitrogens with one attached hydrogen (secondary N) is 1. The second-order valence-corrected chi connectivity index (χ2v) is 6.67. The van der Waals surface area contributed by atoms with Gasteiger partial charge < -0.3 is 16.2 Å². The summed E-state index contributed by atoms with van der Waals surface area (Å²) in [5, 5.41) is 12.1. The van der Waals surface area contributed by atoms with E-state index in [0.29, 0.717) is 24.7 Å². The van der Waals surface area contributed by atoms with Crippen molar-refractivity contribution in [2.45, 2.75) is 57.5 Å². The van der Waals surface area contributed by atoms with E-state index in [-0.39, 0.29) is 31.2 Å². The Morgan fingerprint density at radius 1 is 1.35 bits per heavy atom. The highest BCUT2D eigenvalue weighted by Gasteiger charge is 2.29. The third kappa shape index (κ3) is 6.44. The van der Waals surface area contributed by atoms with Gasteiger partial charge in [0, 0.05) is 24.2 Å². The maximum atomic E-state index is 12.6. The first-order valence-electron chi connectivity index (χ1n) is 8.88. The van der Waals surface area contributed by atoms with Crippen LogP contribution in [0.25, 0.3) is 0 Å². The number of carbonyl (C=O) groups is 3. The molecule has 2 rings (SSSR count). The molecule has 0 saturated heterocycles. The van der Waals surface area contributed by atoms with Gasteiger partial charge in [0.25, 0.3) is 0 Å². The molecular weight excluding hydrogens is 336 g/mol. The van der Waals surface area contributed by atoms with E-state index in [0.717, 1.165) is 23.4 Å². The fraction of sp³-hybridized carbons (Fsp3) is 0.556. The summed E-state index contributed by atoms with van der Waals surface area (Å²) in [6, 6.07) is 4.97. The lowest BCUT2D eigenvalue weighted by Crippen LogP contribution is -2.48. The zero-order valence-electron chi connectivity index (χ0n) is 15.0. The van der Waals surface area contributed by atoms with Gasteiger partial charge in [-0.2, -0.15) is 0 Å². The van der Waals surface area contributed by atoms with E-state index < -0.39 is 12.0 Å². The molecule has 0 radical (unpaired) electrons. The molecule has 0 spiro atoms. The van der Waals surface area contributed by atoms with Crippen LogP contribution in [-0.4, -0.2) is 51.4 Å². The molecule has 1 fully saturated rings. The highest BCUT2D eigenvalue weighted by atomic mass is 16.4. The van der Waals surface area contributed by atoms with Gasteiger partial charge in [0.2, 0.25) is 11.8 Å². The number of imide groups is 1. The maximum Gasteiger partial charge on any atom is 0.305 e. The highest BCUT2D eigenvalue weighted by Crippen LogP contribution is 2.18. The number of aryl methyl sites for hydroxylation is 1.